The van der Waals surface area contributed by atoms with E-state index >= 15 is 0 Å². The fourth-order valence-corrected chi connectivity index (χ4v) is 1.54. The smallest absolute Gasteiger partial charge is 0.346 e. The molecule has 0 atom stereocenters. The van der Waals surface area contributed by atoms with E-state index in [2.05, 4.69) is 15.1 Å². The molecule has 1 N–H and O–H groups in total. The van der Waals surface area contributed by atoms with Gasteiger partial charge in [-0.05, 0) is 19.9 Å². The van der Waals surface area contributed by atoms with E-state index in [-0.39, 0.29) is 0 Å². The summed E-state index contributed by atoms with van der Waals surface area (Å²) in [5, 5.41) is 4.05. The molecule has 7 nitrogen and oxygen atoms in total. The van der Waals surface area contributed by atoms with E-state index in [0.29, 0.717) is 23.7 Å². The number of hydrogen-bond acceptors (Lipinski definition) is 5. The normalized spacial score (nSPS) is 10.3. The fourth-order valence-electron chi connectivity index (χ4n) is 1.54. The van der Waals surface area contributed by atoms with Crippen molar-refractivity contribution < 1.29 is 9.53 Å². The van der Waals surface area contributed by atoms with Crippen LogP contribution < -0.4 is 5.69 Å². The number of nitrogens with one attached hydrogen (secondary N) is 1. The van der Waals surface area contributed by atoms with Gasteiger partial charge in [-0.15, -0.1) is 0 Å². The van der Waals surface area contributed by atoms with Crippen molar-refractivity contribution in [3.63, 3.8) is 0 Å². The Morgan fingerprint density at radius 1 is 1.56 bits per heavy atom. The SMILES string of the molecule is CCOC(=O)c1cnn(-c2ccnc(=O)[nH]2)c1C. The summed E-state index contributed by atoms with van der Waals surface area (Å²) in [5.74, 6) is 0.0145. The second-order valence-electron chi connectivity index (χ2n) is 3.54. The van der Waals surface area contributed by atoms with Crippen molar-refractivity contribution in [1.29, 1.82) is 0 Å². The maximum Gasteiger partial charge on any atom is 0.346 e. The Bertz CT molecular complexity index is 629. The molecule has 0 fully saturated rings. The van der Waals surface area contributed by atoms with Gasteiger partial charge in [0.2, 0.25) is 0 Å². The van der Waals surface area contributed by atoms with Gasteiger partial charge in [0.15, 0.2) is 0 Å². The van der Waals surface area contributed by atoms with E-state index < -0.39 is 11.7 Å². The van der Waals surface area contributed by atoms with Crippen LogP contribution in [0.5, 0.6) is 0 Å². The van der Waals surface area contributed by atoms with Crippen LogP contribution in [0, 0.1) is 6.92 Å². The van der Waals surface area contributed by atoms with Gasteiger partial charge in [0.25, 0.3) is 0 Å². The lowest BCUT2D eigenvalue weighted by Crippen LogP contribution is -2.14. The maximum absolute atomic E-state index is 11.6. The molecule has 2 aromatic rings. The molecule has 0 aliphatic rings. The Balaban J connectivity index is 2.43. The monoisotopic (exact) mass is 248 g/mol. The highest BCUT2D eigenvalue weighted by Crippen LogP contribution is 2.12. The number of aromatic amines is 1. The van der Waals surface area contributed by atoms with Crippen molar-refractivity contribution in [1.82, 2.24) is 19.7 Å². The summed E-state index contributed by atoms with van der Waals surface area (Å²) in [7, 11) is 0. The minimum Gasteiger partial charge on any atom is -0.462 e. The van der Waals surface area contributed by atoms with Crippen molar-refractivity contribution >= 4 is 5.97 Å². The van der Waals surface area contributed by atoms with Crippen molar-refractivity contribution in [2.24, 2.45) is 0 Å². The minimum absolute atomic E-state index is 0.301. The molecule has 0 saturated carbocycles. The third kappa shape index (κ3) is 2.15. The van der Waals surface area contributed by atoms with Crippen LogP contribution in [0.2, 0.25) is 0 Å². The number of H-pyrrole nitrogens is 1. The molecule has 18 heavy (non-hydrogen) atoms. The number of carbonyl (C=O) groups is 1. The molecule has 0 spiro atoms. The summed E-state index contributed by atoms with van der Waals surface area (Å²) in [5.41, 5.74) is 0.491. The number of rotatable bonds is 3. The van der Waals surface area contributed by atoms with Crippen molar-refractivity contribution in [3.05, 3.63) is 40.2 Å². The first-order chi connectivity index (χ1) is 8.63. The van der Waals surface area contributed by atoms with E-state index in [0.717, 1.165) is 0 Å². The molecule has 0 aliphatic heterocycles. The summed E-state index contributed by atoms with van der Waals surface area (Å²) in [6, 6.07) is 1.59. The highest BCUT2D eigenvalue weighted by molar-refractivity contribution is 5.90. The van der Waals surface area contributed by atoms with Crippen LogP contribution in [0.1, 0.15) is 23.0 Å². The van der Waals surface area contributed by atoms with Crippen molar-refractivity contribution in [3.8, 4) is 5.82 Å². The Kier molecular flexibility index (Phi) is 3.22. The van der Waals surface area contributed by atoms with E-state index in [1.807, 2.05) is 0 Å². The summed E-state index contributed by atoms with van der Waals surface area (Å²) in [6.07, 6.45) is 2.78. The first-order valence-electron chi connectivity index (χ1n) is 5.41. The van der Waals surface area contributed by atoms with E-state index in [1.54, 1.807) is 19.9 Å². The Morgan fingerprint density at radius 3 is 3.00 bits per heavy atom. The maximum atomic E-state index is 11.6. The van der Waals surface area contributed by atoms with Gasteiger partial charge >= 0.3 is 11.7 Å². The average molecular weight is 248 g/mol. The number of nitrogens with zero attached hydrogens (tertiary/aromatic N) is 3. The first-order valence-corrected chi connectivity index (χ1v) is 5.41. The Morgan fingerprint density at radius 2 is 2.33 bits per heavy atom. The molecular weight excluding hydrogens is 236 g/mol. The topological polar surface area (TPSA) is 89.9 Å². The summed E-state index contributed by atoms with van der Waals surface area (Å²) in [4.78, 5) is 28.8. The van der Waals surface area contributed by atoms with E-state index in [9.17, 15) is 9.59 Å². The van der Waals surface area contributed by atoms with Crippen LogP contribution in [-0.4, -0.2) is 32.3 Å². The predicted molar refractivity (Wildman–Crippen MR) is 62.7 cm³/mol. The minimum atomic E-state index is -0.472. The molecule has 0 aromatic carbocycles. The van der Waals surface area contributed by atoms with Crippen molar-refractivity contribution in [2.75, 3.05) is 6.61 Å². The molecule has 2 rings (SSSR count). The molecule has 2 heterocycles. The Labute approximate surface area is 102 Å². The predicted octanol–water partition coefficient (Wildman–Crippen LogP) is 0.441. The molecule has 0 bridgehead atoms. The molecule has 0 saturated heterocycles. The van der Waals surface area contributed by atoms with Crippen LogP contribution in [0.25, 0.3) is 5.82 Å². The number of hydrogen-bond donors (Lipinski definition) is 1. The highest BCUT2D eigenvalue weighted by atomic mass is 16.5. The van der Waals surface area contributed by atoms with Gasteiger partial charge in [-0.1, -0.05) is 0 Å². The largest absolute Gasteiger partial charge is 0.462 e. The van der Waals surface area contributed by atoms with Crippen LogP contribution in [-0.2, 0) is 4.74 Å². The molecular formula is C11H12N4O3. The molecule has 0 radical (unpaired) electrons. The zero-order valence-corrected chi connectivity index (χ0v) is 10.0. The number of esters is 1. The standard InChI is InChI=1S/C11H12N4O3/c1-3-18-10(16)8-6-13-15(7(8)2)9-4-5-12-11(17)14-9/h4-6H,3H2,1-2H3,(H,12,14,17). The quantitative estimate of drug-likeness (QED) is 0.796. The fraction of sp³-hybridized carbons (Fsp3) is 0.273. The zero-order chi connectivity index (χ0) is 13.1. The molecule has 0 amide bonds. The molecule has 94 valence electrons. The molecule has 7 heteroatoms. The summed E-state index contributed by atoms with van der Waals surface area (Å²) >= 11 is 0. The third-order valence-corrected chi connectivity index (χ3v) is 2.39. The average Bonchev–Trinajstić information content (AvgIpc) is 2.71. The van der Waals surface area contributed by atoms with Crippen LogP contribution in [0.4, 0.5) is 0 Å². The number of ether oxygens (including phenoxy) is 1. The Hall–Kier alpha value is -2.44. The van der Waals surface area contributed by atoms with Gasteiger partial charge in [-0.25, -0.2) is 19.3 Å². The van der Waals surface area contributed by atoms with Gasteiger partial charge in [0.1, 0.15) is 11.4 Å². The van der Waals surface area contributed by atoms with Gasteiger partial charge < -0.3 is 4.74 Å². The van der Waals surface area contributed by atoms with Crippen LogP contribution in [0.15, 0.2) is 23.3 Å². The number of aromatic nitrogens is 4. The van der Waals surface area contributed by atoms with Crippen molar-refractivity contribution in [2.45, 2.75) is 13.8 Å². The third-order valence-electron chi connectivity index (χ3n) is 2.39. The zero-order valence-electron chi connectivity index (χ0n) is 10.0. The van der Waals surface area contributed by atoms with Crippen LogP contribution >= 0.6 is 0 Å². The lowest BCUT2D eigenvalue weighted by atomic mass is 10.2. The molecule has 0 unspecified atom stereocenters. The first kappa shape index (κ1) is 12.0. The van der Waals surface area contributed by atoms with Crippen LogP contribution in [0.3, 0.4) is 0 Å². The van der Waals surface area contributed by atoms with E-state index in [4.69, 9.17) is 4.74 Å². The second kappa shape index (κ2) is 4.82. The number of carbonyl (C=O) groups excluding carboxylic acids is 1. The van der Waals surface area contributed by atoms with Gasteiger partial charge in [0.05, 0.1) is 18.5 Å². The lowest BCUT2D eigenvalue weighted by Gasteiger charge is -2.04. The lowest BCUT2D eigenvalue weighted by molar-refractivity contribution is 0.0525. The van der Waals surface area contributed by atoms with Gasteiger partial charge in [0, 0.05) is 6.20 Å². The summed E-state index contributed by atoms with van der Waals surface area (Å²) in [6.45, 7) is 3.76. The molecule has 0 aliphatic carbocycles. The highest BCUT2D eigenvalue weighted by Gasteiger charge is 2.16. The molecule has 2 aromatic heterocycles. The van der Waals surface area contributed by atoms with E-state index in [1.165, 1.54) is 17.1 Å². The summed E-state index contributed by atoms with van der Waals surface area (Å²) < 4.78 is 6.36. The van der Waals surface area contributed by atoms with Gasteiger partial charge in [-0.3, -0.25) is 4.98 Å². The second-order valence-corrected chi connectivity index (χ2v) is 3.54. The van der Waals surface area contributed by atoms with Gasteiger partial charge in [-0.2, -0.15) is 5.10 Å².